The lowest BCUT2D eigenvalue weighted by Crippen LogP contribution is -2.31. The summed E-state index contributed by atoms with van der Waals surface area (Å²) in [7, 11) is 2.14. The number of likely N-dealkylation sites (N-methyl/N-ethyl adjacent to an activating group) is 1. The largest absolute Gasteiger partial charge is 0.380 e. The van der Waals surface area contributed by atoms with Crippen LogP contribution in [0.15, 0.2) is 0 Å². The summed E-state index contributed by atoms with van der Waals surface area (Å²) in [4.78, 5) is 2.30. The Bertz CT molecular complexity index is 109. The van der Waals surface area contributed by atoms with Gasteiger partial charge >= 0.3 is 0 Å². The molecule has 0 aromatic heterocycles. The predicted molar refractivity (Wildman–Crippen MR) is 61.8 cm³/mol. The summed E-state index contributed by atoms with van der Waals surface area (Å²) in [5.41, 5.74) is 0. The summed E-state index contributed by atoms with van der Waals surface area (Å²) in [6, 6.07) is 0. The highest BCUT2D eigenvalue weighted by Crippen LogP contribution is 1.84. The maximum atomic E-state index is 5.29. The summed E-state index contributed by atoms with van der Waals surface area (Å²) >= 11 is 0. The third-order valence-corrected chi connectivity index (χ3v) is 2.20. The summed E-state index contributed by atoms with van der Waals surface area (Å²) in [5.74, 6) is 0. The van der Waals surface area contributed by atoms with Gasteiger partial charge in [-0.2, -0.15) is 0 Å². The van der Waals surface area contributed by atoms with Crippen LogP contribution in [-0.4, -0.2) is 51.3 Å². The third kappa shape index (κ3) is 9.96. The SMILES string of the molecule is CCCCNCCN(C)CCOCC. The molecule has 0 aromatic carbocycles. The Hall–Kier alpha value is -0.120. The third-order valence-electron chi connectivity index (χ3n) is 2.20. The smallest absolute Gasteiger partial charge is 0.0593 e. The minimum atomic E-state index is 0.822. The highest BCUT2D eigenvalue weighted by molar-refractivity contribution is 4.54. The fourth-order valence-electron chi connectivity index (χ4n) is 1.17. The van der Waals surface area contributed by atoms with Crippen molar-refractivity contribution in [2.75, 3.05) is 46.4 Å². The zero-order valence-corrected chi connectivity index (χ0v) is 10.0. The molecule has 0 heterocycles. The van der Waals surface area contributed by atoms with Gasteiger partial charge in [-0.15, -0.1) is 0 Å². The van der Waals surface area contributed by atoms with E-state index in [0.29, 0.717) is 0 Å². The highest BCUT2D eigenvalue weighted by atomic mass is 16.5. The van der Waals surface area contributed by atoms with Crippen molar-refractivity contribution in [3.8, 4) is 0 Å². The molecule has 3 nitrogen and oxygen atoms in total. The number of hydrogen-bond donors (Lipinski definition) is 1. The van der Waals surface area contributed by atoms with Crippen molar-refractivity contribution in [2.24, 2.45) is 0 Å². The zero-order valence-electron chi connectivity index (χ0n) is 10.0. The molecule has 0 fully saturated rings. The van der Waals surface area contributed by atoms with Gasteiger partial charge in [0, 0.05) is 26.2 Å². The number of unbranched alkanes of at least 4 members (excludes halogenated alkanes) is 1. The Balaban J connectivity index is 3.06. The molecule has 0 saturated carbocycles. The van der Waals surface area contributed by atoms with E-state index in [2.05, 4.69) is 24.2 Å². The fraction of sp³-hybridized carbons (Fsp3) is 1.00. The number of ether oxygens (including phenoxy) is 1. The van der Waals surface area contributed by atoms with Crippen LogP contribution in [0.2, 0.25) is 0 Å². The van der Waals surface area contributed by atoms with E-state index in [9.17, 15) is 0 Å². The van der Waals surface area contributed by atoms with Crippen LogP contribution in [0.3, 0.4) is 0 Å². The van der Waals surface area contributed by atoms with Gasteiger partial charge in [0.15, 0.2) is 0 Å². The van der Waals surface area contributed by atoms with Crippen LogP contribution in [-0.2, 0) is 4.74 Å². The van der Waals surface area contributed by atoms with E-state index in [1.165, 1.54) is 12.8 Å². The lowest BCUT2D eigenvalue weighted by Gasteiger charge is -2.16. The molecule has 86 valence electrons. The normalized spacial score (nSPS) is 11.1. The Kier molecular flexibility index (Phi) is 10.9. The maximum Gasteiger partial charge on any atom is 0.0593 e. The van der Waals surface area contributed by atoms with E-state index < -0.39 is 0 Å². The van der Waals surface area contributed by atoms with Gasteiger partial charge in [0.2, 0.25) is 0 Å². The maximum absolute atomic E-state index is 5.29. The van der Waals surface area contributed by atoms with E-state index in [0.717, 1.165) is 39.4 Å². The quantitative estimate of drug-likeness (QED) is 0.541. The van der Waals surface area contributed by atoms with Crippen molar-refractivity contribution < 1.29 is 4.74 Å². The van der Waals surface area contributed by atoms with Crippen LogP contribution >= 0.6 is 0 Å². The van der Waals surface area contributed by atoms with E-state index in [4.69, 9.17) is 4.74 Å². The van der Waals surface area contributed by atoms with Crippen molar-refractivity contribution in [1.82, 2.24) is 10.2 Å². The first-order chi connectivity index (χ1) is 6.81. The Morgan fingerprint density at radius 1 is 1.14 bits per heavy atom. The first-order valence-corrected chi connectivity index (χ1v) is 5.78. The van der Waals surface area contributed by atoms with Gasteiger partial charge in [-0.1, -0.05) is 13.3 Å². The predicted octanol–water partition coefficient (Wildman–Crippen LogP) is 1.34. The van der Waals surface area contributed by atoms with Gasteiger partial charge in [0.05, 0.1) is 6.61 Å². The molecule has 1 N–H and O–H groups in total. The van der Waals surface area contributed by atoms with Crippen LogP contribution in [0, 0.1) is 0 Å². The average molecular weight is 202 g/mol. The first kappa shape index (κ1) is 13.9. The van der Waals surface area contributed by atoms with E-state index in [1.54, 1.807) is 0 Å². The van der Waals surface area contributed by atoms with Crippen LogP contribution in [0.1, 0.15) is 26.7 Å². The molecule has 3 heteroatoms. The van der Waals surface area contributed by atoms with Crippen molar-refractivity contribution >= 4 is 0 Å². The van der Waals surface area contributed by atoms with Gasteiger partial charge in [-0.25, -0.2) is 0 Å². The monoisotopic (exact) mass is 202 g/mol. The second-order valence-corrected chi connectivity index (χ2v) is 3.60. The second-order valence-electron chi connectivity index (χ2n) is 3.60. The molecule has 14 heavy (non-hydrogen) atoms. The molecule has 0 spiro atoms. The summed E-state index contributed by atoms with van der Waals surface area (Å²) < 4.78 is 5.29. The standard InChI is InChI=1S/C11H26N2O/c1-4-6-7-12-8-9-13(3)10-11-14-5-2/h12H,4-11H2,1-3H3. The molecule has 0 atom stereocenters. The van der Waals surface area contributed by atoms with Gasteiger partial charge in [-0.05, 0) is 26.9 Å². The van der Waals surface area contributed by atoms with Crippen LogP contribution in [0.4, 0.5) is 0 Å². The van der Waals surface area contributed by atoms with Crippen molar-refractivity contribution in [3.63, 3.8) is 0 Å². The van der Waals surface area contributed by atoms with Gasteiger partial charge < -0.3 is 15.0 Å². The Morgan fingerprint density at radius 2 is 1.93 bits per heavy atom. The summed E-state index contributed by atoms with van der Waals surface area (Å²) in [6.45, 7) is 10.3. The van der Waals surface area contributed by atoms with E-state index >= 15 is 0 Å². The molecule has 0 unspecified atom stereocenters. The molecule has 0 saturated heterocycles. The van der Waals surface area contributed by atoms with Gasteiger partial charge in [-0.3, -0.25) is 0 Å². The lowest BCUT2D eigenvalue weighted by molar-refractivity contribution is 0.122. The molecule has 0 rings (SSSR count). The number of nitrogens with zero attached hydrogens (tertiary/aromatic N) is 1. The zero-order chi connectivity index (χ0) is 10.6. The molecular weight excluding hydrogens is 176 g/mol. The van der Waals surface area contributed by atoms with Gasteiger partial charge in [0.25, 0.3) is 0 Å². The van der Waals surface area contributed by atoms with E-state index in [1.807, 2.05) is 6.92 Å². The number of nitrogens with one attached hydrogen (secondary N) is 1. The summed E-state index contributed by atoms with van der Waals surface area (Å²) in [5, 5.41) is 3.43. The molecule has 0 aliphatic rings. The van der Waals surface area contributed by atoms with E-state index in [-0.39, 0.29) is 0 Å². The van der Waals surface area contributed by atoms with Crippen LogP contribution in [0.5, 0.6) is 0 Å². The Morgan fingerprint density at radius 3 is 2.57 bits per heavy atom. The first-order valence-electron chi connectivity index (χ1n) is 5.78. The molecular formula is C11H26N2O. The Labute approximate surface area is 88.8 Å². The molecule has 0 bridgehead atoms. The van der Waals surface area contributed by atoms with Crippen molar-refractivity contribution in [1.29, 1.82) is 0 Å². The molecule has 0 aliphatic heterocycles. The number of hydrogen-bond acceptors (Lipinski definition) is 3. The highest BCUT2D eigenvalue weighted by Gasteiger charge is 1.96. The van der Waals surface area contributed by atoms with Crippen LogP contribution < -0.4 is 5.32 Å². The molecule has 0 amide bonds. The van der Waals surface area contributed by atoms with Gasteiger partial charge in [0.1, 0.15) is 0 Å². The fourth-order valence-corrected chi connectivity index (χ4v) is 1.17. The lowest BCUT2D eigenvalue weighted by atomic mass is 10.3. The molecule has 0 aliphatic carbocycles. The van der Waals surface area contributed by atoms with Crippen molar-refractivity contribution in [3.05, 3.63) is 0 Å². The second kappa shape index (κ2) is 11.0. The summed E-state index contributed by atoms with van der Waals surface area (Å²) in [6.07, 6.45) is 2.55. The molecule has 0 aromatic rings. The minimum absolute atomic E-state index is 0.822. The topological polar surface area (TPSA) is 24.5 Å². The number of rotatable bonds is 10. The average Bonchev–Trinajstić information content (AvgIpc) is 2.18. The van der Waals surface area contributed by atoms with Crippen LogP contribution in [0.25, 0.3) is 0 Å². The minimum Gasteiger partial charge on any atom is -0.380 e. The molecule has 0 radical (unpaired) electrons. The van der Waals surface area contributed by atoms with Crippen molar-refractivity contribution in [2.45, 2.75) is 26.7 Å².